The molecule has 1 aliphatic rings. The normalized spacial score (nSPS) is 14.4. The number of para-hydroxylation sites is 2. The van der Waals surface area contributed by atoms with Gasteiger partial charge in [0.15, 0.2) is 16.3 Å². The SMILES string of the molecule is COc1cc([C@H]2C(C(=O)Nc3ccccc3)=C(C)N=c3s/c(=C\c4cn(Cc5ccccc5C#N)c5ccccc45)c(=O)n32)ccc1O. The van der Waals surface area contributed by atoms with Crippen LogP contribution in [0.5, 0.6) is 11.5 Å². The third kappa shape index (κ3) is 5.46. The molecular formula is C38H29N5O4S. The van der Waals surface area contributed by atoms with Crippen molar-refractivity contribution in [1.29, 1.82) is 5.26 Å². The van der Waals surface area contributed by atoms with Crippen molar-refractivity contribution >= 4 is 39.9 Å². The minimum Gasteiger partial charge on any atom is -0.504 e. The average molecular weight is 652 g/mol. The van der Waals surface area contributed by atoms with Crippen LogP contribution in [0.15, 0.2) is 124 Å². The number of amides is 1. The van der Waals surface area contributed by atoms with Crippen LogP contribution in [0.4, 0.5) is 5.69 Å². The van der Waals surface area contributed by atoms with Crippen molar-refractivity contribution in [3.05, 3.63) is 156 Å². The average Bonchev–Trinajstić information content (AvgIpc) is 3.60. The number of thiazole rings is 1. The Hall–Kier alpha value is -6.18. The van der Waals surface area contributed by atoms with Gasteiger partial charge in [-0.2, -0.15) is 5.26 Å². The summed E-state index contributed by atoms with van der Waals surface area (Å²) in [4.78, 5) is 33.5. The molecule has 0 saturated heterocycles. The molecule has 0 aliphatic carbocycles. The first kappa shape index (κ1) is 30.5. The summed E-state index contributed by atoms with van der Waals surface area (Å²) in [6, 6.07) is 30.8. The second kappa shape index (κ2) is 12.5. The largest absolute Gasteiger partial charge is 0.504 e. The van der Waals surface area contributed by atoms with Gasteiger partial charge in [0.05, 0.1) is 40.6 Å². The van der Waals surface area contributed by atoms with Gasteiger partial charge >= 0.3 is 0 Å². The summed E-state index contributed by atoms with van der Waals surface area (Å²) in [5, 5.41) is 23.9. The maximum Gasteiger partial charge on any atom is 0.271 e. The number of phenolic OH excluding ortho intramolecular Hbond substituents is 1. The predicted octanol–water partition coefficient (Wildman–Crippen LogP) is 5.46. The van der Waals surface area contributed by atoms with Crippen LogP contribution in [0.25, 0.3) is 17.0 Å². The van der Waals surface area contributed by atoms with E-state index in [1.807, 2.05) is 72.9 Å². The van der Waals surface area contributed by atoms with Crippen LogP contribution in [0, 0.1) is 11.3 Å². The van der Waals surface area contributed by atoms with Crippen molar-refractivity contribution in [3.63, 3.8) is 0 Å². The van der Waals surface area contributed by atoms with E-state index in [4.69, 9.17) is 9.73 Å². The maximum atomic E-state index is 14.4. The van der Waals surface area contributed by atoms with Crippen LogP contribution in [-0.2, 0) is 11.3 Å². The van der Waals surface area contributed by atoms with E-state index in [2.05, 4.69) is 16.0 Å². The number of carbonyl (C=O) groups excluding carboxylic acids is 1. The smallest absolute Gasteiger partial charge is 0.271 e. The molecule has 0 fully saturated rings. The molecule has 0 radical (unpaired) electrons. The van der Waals surface area contributed by atoms with Gasteiger partial charge in [0.2, 0.25) is 0 Å². The quantitative estimate of drug-likeness (QED) is 0.237. The fourth-order valence-electron chi connectivity index (χ4n) is 6.12. The zero-order valence-corrected chi connectivity index (χ0v) is 26.9. The highest BCUT2D eigenvalue weighted by molar-refractivity contribution is 7.07. The van der Waals surface area contributed by atoms with Crippen molar-refractivity contribution in [3.8, 4) is 17.6 Å². The van der Waals surface area contributed by atoms with Crippen LogP contribution < -0.4 is 24.9 Å². The number of ether oxygens (including phenoxy) is 1. The molecule has 236 valence electrons. The molecule has 1 aliphatic heterocycles. The third-order valence-electron chi connectivity index (χ3n) is 8.40. The summed E-state index contributed by atoms with van der Waals surface area (Å²) in [6.45, 7) is 2.25. The molecule has 1 atom stereocenters. The lowest BCUT2D eigenvalue weighted by Crippen LogP contribution is -2.40. The van der Waals surface area contributed by atoms with Crippen LogP contribution in [0.1, 0.15) is 35.2 Å². The fourth-order valence-corrected chi connectivity index (χ4v) is 7.16. The van der Waals surface area contributed by atoms with Gasteiger partial charge in [-0.1, -0.05) is 72.0 Å². The summed E-state index contributed by atoms with van der Waals surface area (Å²) in [6.07, 6.45) is 3.85. The maximum absolute atomic E-state index is 14.4. The van der Waals surface area contributed by atoms with Crippen molar-refractivity contribution < 1.29 is 14.6 Å². The van der Waals surface area contributed by atoms with E-state index >= 15 is 0 Å². The van der Waals surface area contributed by atoms with Crippen LogP contribution in [0.3, 0.4) is 0 Å². The standard InChI is InChI=1S/C38H29N5O4S/c1-23-34(36(45)41-28-12-4-3-5-13-28)35(24-16-17-31(44)32(18-24)47-2)43-37(46)33(48-38(43)40-23)19-27-22-42(30-15-9-8-14-29(27)30)21-26-11-7-6-10-25(26)20-39/h3-19,22,35,44H,21H2,1-2H3,(H,41,45)/b33-19-/t35-/m0/s1. The van der Waals surface area contributed by atoms with Gasteiger partial charge in [-0.05, 0) is 60.5 Å². The lowest BCUT2D eigenvalue weighted by molar-refractivity contribution is -0.113. The Morgan fingerprint density at radius 1 is 1.06 bits per heavy atom. The number of hydrogen-bond acceptors (Lipinski definition) is 7. The number of allylic oxidation sites excluding steroid dienone is 1. The minimum absolute atomic E-state index is 0.0570. The highest BCUT2D eigenvalue weighted by atomic mass is 32.1. The molecule has 1 amide bonds. The van der Waals surface area contributed by atoms with Crippen molar-refractivity contribution in [2.75, 3.05) is 12.4 Å². The zero-order valence-electron chi connectivity index (χ0n) is 26.0. The van der Waals surface area contributed by atoms with Crippen LogP contribution in [-0.4, -0.2) is 27.3 Å². The number of hydrogen-bond donors (Lipinski definition) is 2. The Bertz CT molecular complexity index is 2480. The van der Waals surface area contributed by atoms with Crippen molar-refractivity contribution in [2.45, 2.75) is 19.5 Å². The van der Waals surface area contributed by atoms with Gasteiger partial charge in [0.1, 0.15) is 0 Å². The number of rotatable bonds is 7. The van der Waals surface area contributed by atoms with E-state index in [9.17, 15) is 20.0 Å². The molecular weight excluding hydrogens is 623 g/mol. The van der Waals surface area contributed by atoms with E-state index in [0.717, 1.165) is 22.0 Å². The number of aromatic nitrogens is 2. The molecule has 0 saturated carbocycles. The Balaban J connectivity index is 1.38. The Morgan fingerprint density at radius 3 is 2.60 bits per heavy atom. The Kier molecular flexibility index (Phi) is 7.97. The number of carbonyl (C=O) groups is 1. The number of nitrogens with zero attached hydrogens (tertiary/aromatic N) is 4. The zero-order chi connectivity index (χ0) is 33.4. The molecule has 4 aromatic carbocycles. The number of methoxy groups -OCH3 is 1. The van der Waals surface area contributed by atoms with Gasteiger partial charge < -0.3 is 19.7 Å². The van der Waals surface area contributed by atoms with Crippen molar-refractivity contribution in [2.24, 2.45) is 4.99 Å². The molecule has 2 aromatic heterocycles. The number of aromatic hydroxyl groups is 1. The van der Waals surface area contributed by atoms with Gasteiger partial charge in [-0.25, -0.2) is 4.99 Å². The summed E-state index contributed by atoms with van der Waals surface area (Å²) in [5.74, 6) is -0.231. The number of benzene rings is 4. The summed E-state index contributed by atoms with van der Waals surface area (Å²) >= 11 is 1.25. The molecule has 7 rings (SSSR count). The lowest BCUT2D eigenvalue weighted by Gasteiger charge is -2.25. The minimum atomic E-state index is -0.842. The highest BCUT2D eigenvalue weighted by Gasteiger charge is 2.33. The summed E-state index contributed by atoms with van der Waals surface area (Å²) in [7, 11) is 1.45. The Labute approximate surface area is 279 Å². The highest BCUT2D eigenvalue weighted by Crippen LogP contribution is 2.35. The number of anilines is 1. The fraction of sp³-hybridized carbons (Fsp3) is 0.105. The molecule has 48 heavy (non-hydrogen) atoms. The first-order valence-corrected chi connectivity index (χ1v) is 16.0. The molecule has 0 bridgehead atoms. The lowest BCUT2D eigenvalue weighted by atomic mass is 9.94. The number of phenols is 1. The van der Waals surface area contributed by atoms with Crippen LogP contribution >= 0.6 is 11.3 Å². The Morgan fingerprint density at radius 2 is 1.81 bits per heavy atom. The van der Waals surface area contributed by atoms with Gasteiger partial charge in [0.25, 0.3) is 11.5 Å². The van der Waals surface area contributed by atoms with Gasteiger partial charge in [0, 0.05) is 34.9 Å². The van der Waals surface area contributed by atoms with E-state index < -0.39 is 11.9 Å². The van der Waals surface area contributed by atoms with Gasteiger partial charge in [-0.15, -0.1) is 0 Å². The van der Waals surface area contributed by atoms with Crippen LogP contribution in [0.2, 0.25) is 0 Å². The molecule has 9 nitrogen and oxygen atoms in total. The molecule has 10 heteroatoms. The molecule has 3 heterocycles. The van der Waals surface area contributed by atoms with Gasteiger partial charge in [-0.3, -0.25) is 14.2 Å². The molecule has 6 aromatic rings. The van der Waals surface area contributed by atoms with E-state index in [-0.39, 0.29) is 17.1 Å². The summed E-state index contributed by atoms with van der Waals surface area (Å²) in [5.41, 5.74) is 4.97. The second-order valence-corrected chi connectivity index (χ2v) is 12.3. The molecule has 2 N–H and O–H groups in total. The number of nitriles is 1. The first-order valence-electron chi connectivity index (χ1n) is 15.2. The topological polar surface area (TPSA) is 122 Å². The number of fused-ring (bicyclic) bond motifs is 2. The van der Waals surface area contributed by atoms with E-state index in [0.29, 0.717) is 44.0 Å². The third-order valence-corrected chi connectivity index (χ3v) is 9.38. The first-order chi connectivity index (χ1) is 23.4. The van der Waals surface area contributed by atoms with E-state index in [1.165, 1.54) is 29.1 Å². The molecule has 0 unspecified atom stereocenters. The second-order valence-electron chi connectivity index (χ2n) is 11.3. The predicted molar refractivity (Wildman–Crippen MR) is 186 cm³/mol. The summed E-state index contributed by atoms with van der Waals surface area (Å²) < 4.78 is 9.46. The monoisotopic (exact) mass is 651 g/mol. The molecule has 0 spiro atoms. The van der Waals surface area contributed by atoms with Crippen molar-refractivity contribution in [1.82, 2.24) is 9.13 Å². The van der Waals surface area contributed by atoms with E-state index in [1.54, 1.807) is 37.3 Å². The number of nitrogens with one attached hydrogen (secondary N) is 1.